The lowest BCUT2D eigenvalue weighted by atomic mass is 10.3. The molecule has 0 N–H and O–H groups in total. The Morgan fingerprint density at radius 3 is 2.75 bits per heavy atom. The zero-order chi connectivity index (χ0) is 19.1. The topological polar surface area (TPSA) is 81.4 Å². The summed E-state index contributed by atoms with van der Waals surface area (Å²) in [4.78, 5) is 22.4. The smallest absolute Gasteiger partial charge is 0.326 e. The van der Waals surface area contributed by atoms with Crippen LogP contribution in [-0.4, -0.2) is 23.7 Å². The normalized spacial score (nSPS) is 14.0. The number of imidazole rings is 2. The average molecular weight is 372 g/mol. The van der Waals surface area contributed by atoms with Gasteiger partial charge in [-0.1, -0.05) is 12.1 Å². The van der Waals surface area contributed by atoms with Gasteiger partial charge < -0.3 is 4.57 Å². The van der Waals surface area contributed by atoms with Crippen LogP contribution in [0.3, 0.4) is 0 Å². The molecule has 7 heteroatoms. The maximum absolute atomic E-state index is 13.2. The van der Waals surface area contributed by atoms with Crippen LogP contribution in [0.25, 0.3) is 22.2 Å². The monoisotopic (exact) mass is 372 g/mol. The van der Waals surface area contributed by atoms with Gasteiger partial charge in [-0.3, -0.25) is 9.13 Å². The van der Waals surface area contributed by atoms with Crippen LogP contribution < -0.4 is 5.69 Å². The first-order valence-corrected chi connectivity index (χ1v) is 9.65. The number of rotatable bonds is 6. The maximum Gasteiger partial charge on any atom is 0.331 e. The van der Waals surface area contributed by atoms with Crippen LogP contribution in [-0.2, 0) is 13.1 Å². The molecule has 0 saturated heterocycles. The second-order valence-corrected chi connectivity index (χ2v) is 7.25. The van der Waals surface area contributed by atoms with Crippen molar-refractivity contribution >= 4 is 22.2 Å². The zero-order valence-electron chi connectivity index (χ0n) is 15.5. The molecule has 140 valence electrons. The van der Waals surface area contributed by atoms with E-state index in [1.54, 1.807) is 10.8 Å². The first kappa shape index (κ1) is 16.8. The van der Waals surface area contributed by atoms with Crippen molar-refractivity contribution < 1.29 is 0 Å². The van der Waals surface area contributed by atoms with Crippen molar-refractivity contribution in [3.8, 4) is 6.07 Å². The molecule has 0 spiro atoms. The molecule has 1 aliphatic rings. The van der Waals surface area contributed by atoms with Crippen LogP contribution in [0.1, 0.15) is 37.5 Å². The van der Waals surface area contributed by atoms with Gasteiger partial charge in [-0.05, 0) is 43.5 Å². The number of hydrogen-bond donors (Lipinski definition) is 0. The fourth-order valence-corrected chi connectivity index (χ4v) is 3.88. The zero-order valence-corrected chi connectivity index (χ0v) is 15.5. The Labute approximate surface area is 161 Å². The van der Waals surface area contributed by atoms with Crippen molar-refractivity contribution in [1.82, 2.24) is 23.7 Å². The van der Waals surface area contributed by atoms with Crippen LogP contribution in [0.4, 0.5) is 0 Å². The molecule has 3 heterocycles. The molecule has 0 radical (unpaired) electrons. The number of hydrogen-bond acceptors (Lipinski definition) is 4. The van der Waals surface area contributed by atoms with Crippen molar-refractivity contribution in [2.45, 2.75) is 44.8 Å². The summed E-state index contributed by atoms with van der Waals surface area (Å²) in [7, 11) is 0. The lowest BCUT2D eigenvalue weighted by molar-refractivity contribution is 0.597. The molecule has 1 fully saturated rings. The summed E-state index contributed by atoms with van der Waals surface area (Å²) in [6, 6.07) is 14.3. The predicted octanol–water partition coefficient (Wildman–Crippen LogP) is 3.23. The molecule has 0 unspecified atom stereocenters. The Balaban J connectivity index is 1.63. The Kier molecular flexibility index (Phi) is 3.97. The highest BCUT2D eigenvalue weighted by atomic mass is 16.2. The standard InChI is InChI=1S/C21H20N6O/c22-11-3-4-13-25-17-7-2-1-6-16(17)24-19(25)14-26-18-8-5-12-23-20(18)27(21(26)28)15-9-10-15/h1-2,5-8,12,15H,3-4,9-10,13-14H2. The van der Waals surface area contributed by atoms with E-state index in [1.807, 2.05) is 41.0 Å². The molecule has 3 aromatic heterocycles. The molecule has 4 aromatic rings. The molecule has 0 bridgehead atoms. The number of nitrogens with zero attached hydrogens (tertiary/aromatic N) is 6. The summed E-state index contributed by atoms with van der Waals surface area (Å²) < 4.78 is 5.75. The predicted molar refractivity (Wildman–Crippen MR) is 106 cm³/mol. The first-order chi connectivity index (χ1) is 13.8. The van der Waals surface area contributed by atoms with E-state index in [1.165, 1.54) is 0 Å². The molecule has 0 amide bonds. The van der Waals surface area contributed by atoms with E-state index in [-0.39, 0.29) is 11.7 Å². The fourth-order valence-electron chi connectivity index (χ4n) is 3.88. The summed E-state index contributed by atoms with van der Waals surface area (Å²) >= 11 is 0. The molecule has 0 aliphatic heterocycles. The van der Waals surface area contributed by atoms with Gasteiger partial charge in [0.1, 0.15) is 5.82 Å². The number of para-hydroxylation sites is 2. The molecule has 5 rings (SSSR count). The highest BCUT2D eigenvalue weighted by Gasteiger charge is 2.29. The van der Waals surface area contributed by atoms with E-state index in [4.69, 9.17) is 10.2 Å². The third-order valence-electron chi connectivity index (χ3n) is 5.34. The van der Waals surface area contributed by atoms with Gasteiger partial charge in [-0.2, -0.15) is 5.26 Å². The van der Waals surface area contributed by atoms with Crippen molar-refractivity contribution in [2.75, 3.05) is 0 Å². The second kappa shape index (κ2) is 6.64. The Hall–Kier alpha value is -3.40. The molecule has 1 saturated carbocycles. The van der Waals surface area contributed by atoms with Gasteiger partial charge in [-0.15, -0.1) is 0 Å². The van der Waals surface area contributed by atoms with Crippen molar-refractivity contribution in [1.29, 1.82) is 5.26 Å². The van der Waals surface area contributed by atoms with Crippen molar-refractivity contribution in [2.24, 2.45) is 0 Å². The van der Waals surface area contributed by atoms with Gasteiger partial charge in [0.2, 0.25) is 0 Å². The number of benzene rings is 1. The number of fused-ring (bicyclic) bond motifs is 2. The fraction of sp³-hybridized carbons (Fsp3) is 0.333. The summed E-state index contributed by atoms with van der Waals surface area (Å²) in [5, 5.41) is 8.90. The van der Waals surface area contributed by atoms with Gasteiger partial charge in [-0.25, -0.2) is 14.8 Å². The van der Waals surface area contributed by atoms with Gasteiger partial charge >= 0.3 is 5.69 Å². The number of aromatic nitrogens is 5. The largest absolute Gasteiger partial charge is 0.331 e. The van der Waals surface area contributed by atoms with E-state index in [9.17, 15) is 4.79 Å². The quantitative estimate of drug-likeness (QED) is 0.487. The molecule has 28 heavy (non-hydrogen) atoms. The minimum Gasteiger partial charge on any atom is -0.326 e. The van der Waals surface area contributed by atoms with Gasteiger partial charge in [0.05, 0.1) is 29.2 Å². The van der Waals surface area contributed by atoms with E-state index in [0.29, 0.717) is 19.5 Å². The van der Waals surface area contributed by atoms with Gasteiger partial charge in [0.15, 0.2) is 5.65 Å². The summed E-state index contributed by atoms with van der Waals surface area (Å²) in [6.07, 6.45) is 5.05. The number of nitriles is 1. The number of aryl methyl sites for hydroxylation is 1. The Morgan fingerprint density at radius 1 is 1.11 bits per heavy atom. The third kappa shape index (κ3) is 2.69. The summed E-state index contributed by atoms with van der Waals surface area (Å²) in [6.45, 7) is 1.10. The van der Waals surface area contributed by atoms with Crippen LogP contribution >= 0.6 is 0 Å². The minimum atomic E-state index is -0.0215. The van der Waals surface area contributed by atoms with Crippen LogP contribution in [0.15, 0.2) is 47.4 Å². The van der Waals surface area contributed by atoms with Crippen molar-refractivity contribution in [3.05, 3.63) is 58.9 Å². The van der Waals surface area contributed by atoms with Gasteiger partial charge in [0.25, 0.3) is 0 Å². The molecule has 0 atom stereocenters. The summed E-state index contributed by atoms with van der Waals surface area (Å²) in [5.41, 5.74) is 3.52. The molecule has 7 nitrogen and oxygen atoms in total. The number of unbranched alkanes of at least 4 members (excludes halogenated alkanes) is 1. The lowest BCUT2D eigenvalue weighted by Gasteiger charge is -2.09. The third-order valence-corrected chi connectivity index (χ3v) is 5.34. The van der Waals surface area contributed by atoms with E-state index in [2.05, 4.69) is 15.6 Å². The number of pyridine rings is 1. The van der Waals surface area contributed by atoms with Crippen LogP contribution in [0.2, 0.25) is 0 Å². The second-order valence-electron chi connectivity index (χ2n) is 7.25. The maximum atomic E-state index is 13.2. The summed E-state index contributed by atoms with van der Waals surface area (Å²) in [5.74, 6) is 0.833. The van der Waals surface area contributed by atoms with Crippen molar-refractivity contribution in [3.63, 3.8) is 0 Å². The average Bonchev–Trinajstić information content (AvgIpc) is 3.43. The lowest BCUT2D eigenvalue weighted by Crippen LogP contribution is -2.25. The van der Waals surface area contributed by atoms with E-state index in [0.717, 1.165) is 47.3 Å². The SMILES string of the molecule is N#CCCCn1c(Cn2c(=O)n(C3CC3)c3ncccc32)nc2ccccc21. The van der Waals surface area contributed by atoms with E-state index < -0.39 is 0 Å². The van der Waals surface area contributed by atoms with Gasteiger partial charge in [0, 0.05) is 25.2 Å². The highest BCUT2D eigenvalue weighted by Crippen LogP contribution is 2.35. The minimum absolute atomic E-state index is 0.0215. The molecule has 1 aromatic carbocycles. The highest BCUT2D eigenvalue weighted by molar-refractivity contribution is 5.76. The van der Waals surface area contributed by atoms with Crippen LogP contribution in [0, 0.1) is 11.3 Å². The van der Waals surface area contributed by atoms with E-state index >= 15 is 0 Å². The van der Waals surface area contributed by atoms with Crippen LogP contribution in [0.5, 0.6) is 0 Å². The molecular formula is C21H20N6O. The molecular weight excluding hydrogens is 352 g/mol. The Morgan fingerprint density at radius 2 is 1.93 bits per heavy atom. The Bertz CT molecular complexity index is 1270. The first-order valence-electron chi connectivity index (χ1n) is 9.65. The molecule has 1 aliphatic carbocycles.